The molecule has 0 aliphatic rings. The molecule has 0 spiro atoms. The van der Waals surface area contributed by atoms with Crippen molar-refractivity contribution in [1.82, 2.24) is 4.98 Å². The number of rotatable bonds is 5. The Morgan fingerprint density at radius 3 is 2.72 bits per heavy atom. The van der Waals surface area contributed by atoms with Gasteiger partial charge in [-0.15, -0.1) is 10.2 Å². The van der Waals surface area contributed by atoms with Crippen molar-refractivity contribution in [1.29, 1.82) is 0 Å². The fraction of sp³-hybridized carbons (Fsp3) is 0.0500. The fourth-order valence-corrected chi connectivity index (χ4v) is 3.06. The second-order valence-corrected chi connectivity index (χ2v) is 6.28. The lowest BCUT2D eigenvalue weighted by atomic mass is 10.1. The summed E-state index contributed by atoms with van der Waals surface area (Å²) < 4.78 is 0. The van der Waals surface area contributed by atoms with E-state index in [-0.39, 0.29) is 23.8 Å². The van der Waals surface area contributed by atoms with Crippen molar-refractivity contribution in [3.63, 3.8) is 0 Å². The summed E-state index contributed by atoms with van der Waals surface area (Å²) in [6, 6.07) is 17.5. The van der Waals surface area contributed by atoms with Gasteiger partial charge < -0.3 is 15.4 Å². The molecular weight excluding hydrogens is 374 g/mol. The zero-order chi connectivity index (χ0) is 20.4. The highest BCUT2D eigenvalue weighted by Crippen LogP contribution is 2.37. The molecule has 0 saturated carbocycles. The van der Waals surface area contributed by atoms with E-state index in [0.29, 0.717) is 10.9 Å². The average Bonchev–Trinajstić information content (AvgIpc) is 3.04. The van der Waals surface area contributed by atoms with Gasteiger partial charge in [-0.2, -0.15) is 0 Å². The Kier molecular flexibility index (Phi) is 4.62. The lowest BCUT2D eigenvalue weighted by Crippen LogP contribution is -2.11. The third-order valence-electron chi connectivity index (χ3n) is 4.43. The van der Waals surface area contributed by atoms with E-state index in [9.17, 15) is 20.0 Å². The molecule has 4 rings (SSSR count). The number of nitro benzene ring substituents is 1. The first kappa shape index (κ1) is 18.1. The van der Waals surface area contributed by atoms with Crippen molar-refractivity contribution in [2.45, 2.75) is 0 Å². The maximum absolute atomic E-state index is 12.1. The summed E-state index contributed by atoms with van der Waals surface area (Å²) in [5, 5.41) is 33.7. The van der Waals surface area contributed by atoms with E-state index in [1.54, 1.807) is 0 Å². The molecule has 4 aromatic rings. The second kappa shape index (κ2) is 7.39. The first-order valence-corrected chi connectivity index (χ1v) is 8.68. The number of carbonyl (C=O) groups is 1. The molecule has 1 heterocycles. The topological polar surface area (TPSA) is 133 Å². The van der Waals surface area contributed by atoms with Gasteiger partial charge in [0.25, 0.3) is 11.6 Å². The van der Waals surface area contributed by atoms with Crippen molar-refractivity contribution in [3.05, 3.63) is 70.8 Å². The Balaban J connectivity index is 1.53. The number of anilines is 1. The van der Waals surface area contributed by atoms with E-state index in [1.165, 1.54) is 18.2 Å². The minimum Gasteiger partial charge on any atom is -0.493 e. The number of aromatic hydroxyl groups is 1. The number of benzene rings is 3. The molecule has 1 aromatic heterocycles. The third kappa shape index (κ3) is 3.61. The molecule has 0 bridgehead atoms. The van der Waals surface area contributed by atoms with Crippen LogP contribution in [0.25, 0.3) is 21.7 Å². The Labute approximate surface area is 163 Å². The van der Waals surface area contributed by atoms with Crippen molar-refractivity contribution in [2.24, 2.45) is 10.2 Å². The molecule has 1 amide bonds. The Bertz CT molecular complexity index is 1270. The number of nitrogens with zero attached hydrogens (tertiary/aromatic N) is 3. The molecule has 9 heteroatoms. The molecular formula is C20H15N5O4. The molecule has 0 aliphatic carbocycles. The highest BCUT2D eigenvalue weighted by molar-refractivity contribution is 5.97. The highest BCUT2D eigenvalue weighted by atomic mass is 16.6. The van der Waals surface area contributed by atoms with Gasteiger partial charge in [0.2, 0.25) is 5.88 Å². The zero-order valence-corrected chi connectivity index (χ0v) is 15.0. The highest BCUT2D eigenvalue weighted by Gasteiger charge is 2.15. The number of azo groups is 1. The minimum absolute atomic E-state index is 0.0257. The van der Waals surface area contributed by atoms with Crippen LogP contribution < -0.4 is 5.32 Å². The van der Waals surface area contributed by atoms with E-state index < -0.39 is 10.8 Å². The fourth-order valence-electron chi connectivity index (χ4n) is 3.06. The van der Waals surface area contributed by atoms with E-state index in [4.69, 9.17) is 0 Å². The average molecular weight is 389 g/mol. The third-order valence-corrected chi connectivity index (χ3v) is 4.43. The summed E-state index contributed by atoms with van der Waals surface area (Å²) in [4.78, 5) is 25.2. The van der Waals surface area contributed by atoms with Gasteiger partial charge in [-0.05, 0) is 17.5 Å². The SMILES string of the molecule is O=C(CNc1cccc2ccccc12)N=Nc1c(O)[nH]c2ccc([N+](=O)[O-])cc12. The number of hydrogen-bond acceptors (Lipinski definition) is 6. The zero-order valence-electron chi connectivity index (χ0n) is 15.0. The smallest absolute Gasteiger partial charge is 0.283 e. The summed E-state index contributed by atoms with van der Waals surface area (Å²) >= 11 is 0. The normalized spacial score (nSPS) is 11.3. The molecule has 3 aromatic carbocycles. The first-order chi connectivity index (χ1) is 14.0. The monoisotopic (exact) mass is 389 g/mol. The molecule has 144 valence electrons. The van der Waals surface area contributed by atoms with Crippen molar-refractivity contribution < 1.29 is 14.8 Å². The van der Waals surface area contributed by atoms with Gasteiger partial charge in [0.15, 0.2) is 5.69 Å². The number of nitro groups is 1. The van der Waals surface area contributed by atoms with Gasteiger partial charge in [0.05, 0.1) is 17.0 Å². The molecule has 0 unspecified atom stereocenters. The minimum atomic E-state index is -0.558. The number of nitrogens with one attached hydrogen (secondary N) is 2. The number of aromatic nitrogens is 1. The van der Waals surface area contributed by atoms with E-state index in [0.717, 1.165) is 16.5 Å². The maximum Gasteiger partial charge on any atom is 0.283 e. The van der Waals surface area contributed by atoms with Crippen LogP contribution in [-0.2, 0) is 4.79 Å². The van der Waals surface area contributed by atoms with Gasteiger partial charge in [0, 0.05) is 28.6 Å². The first-order valence-electron chi connectivity index (χ1n) is 8.68. The lowest BCUT2D eigenvalue weighted by Gasteiger charge is -2.07. The van der Waals surface area contributed by atoms with Gasteiger partial charge in [-0.25, -0.2) is 0 Å². The molecule has 9 nitrogen and oxygen atoms in total. The van der Waals surface area contributed by atoms with Gasteiger partial charge in [-0.1, -0.05) is 36.4 Å². The molecule has 0 atom stereocenters. The largest absolute Gasteiger partial charge is 0.493 e. The van der Waals surface area contributed by atoms with Crippen molar-refractivity contribution in [3.8, 4) is 5.88 Å². The molecule has 0 fully saturated rings. The summed E-state index contributed by atoms with van der Waals surface area (Å²) in [7, 11) is 0. The van der Waals surface area contributed by atoms with Crippen LogP contribution >= 0.6 is 0 Å². The van der Waals surface area contributed by atoms with Gasteiger partial charge in [0.1, 0.15) is 0 Å². The quantitative estimate of drug-likeness (QED) is 0.259. The number of non-ortho nitro benzene ring substituents is 1. The molecule has 0 radical (unpaired) electrons. The standard InChI is InChI=1S/C20H15N5O4/c26-18(11-21-16-7-3-5-12-4-1-2-6-14(12)16)23-24-19-15-10-13(25(28)29)8-9-17(15)22-20(19)27/h1-10,21-22,27H,11H2. The number of fused-ring (bicyclic) bond motifs is 2. The van der Waals surface area contributed by atoms with Crippen LogP contribution in [0.1, 0.15) is 0 Å². The van der Waals surface area contributed by atoms with Crippen molar-refractivity contribution >= 4 is 44.6 Å². The van der Waals surface area contributed by atoms with E-state index >= 15 is 0 Å². The van der Waals surface area contributed by atoms with Crippen LogP contribution in [0.15, 0.2) is 70.9 Å². The van der Waals surface area contributed by atoms with Crippen LogP contribution in [0, 0.1) is 10.1 Å². The summed E-state index contributed by atoms with van der Waals surface area (Å²) in [5.41, 5.74) is 1.06. The number of carbonyl (C=O) groups excluding carboxylic acids is 1. The van der Waals surface area contributed by atoms with Crippen LogP contribution in [0.2, 0.25) is 0 Å². The van der Waals surface area contributed by atoms with Crippen LogP contribution in [-0.4, -0.2) is 27.5 Å². The van der Waals surface area contributed by atoms with E-state index in [2.05, 4.69) is 20.5 Å². The Morgan fingerprint density at radius 2 is 1.90 bits per heavy atom. The molecule has 3 N–H and O–H groups in total. The second-order valence-electron chi connectivity index (χ2n) is 6.28. The number of hydrogen-bond donors (Lipinski definition) is 3. The van der Waals surface area contributed by atoms with Gasteiger partial charge >= 0.3 is 0 Å². The number of H-pyrrole nitrogens is 1. The van der Waals surface area contributed by atoms with Crippen LogP contribution in [0.5, 0.6) is 5.88 Å². The molecule has 29 heavy (non-hydrogen) atoms. The Hall–Kier alpha value is -4.27. The summed E-state index contributed by atoms with van der Waals surface area (Å²) in [5.74, 6) is -0.879. The van der Waals surface area contributed by atoms with Crippen LogP contribution in [0.4, 0.5) is 17.1 Å². The maximum atomic E-state index is 12.1. The van der Waals surface area contributed by atoms with E-state index in [1.807, 2.05) is 42.5 Å². The summed E-state index contributed by atoms with van der Waals surface area (Å²) in [6.07, 6.45) is 0. The number of aromatic amines is 1. The van der Waals surface area contributed by atoms with Crippen molar-refractivity contribution in [2.75, 3.05) is 11.9 Å². The predicted molar refractivity (Wildman–Crippen MR) is 109 cm³/mol. The number of amides is 1. The lowest BCUT2D eigenvalue weighted by molar-refractivity contribution is -0.384. The van der Waals surface area contributed by atoms with Gasteiger partial charge in [-0.3, -0.25) is 14.9 Å². The predicted octanol–water partition coefficient (Wildman–Crippen LogP) is 4.66. The molecule has 0 saturated heterocycles. The molecule has 0 aliphatic heterocycles. The Morgan fingerprint density at radius 1 is 1.10 bits per heavy atom. The van der Waals surface area contributed by atoms with Crippen LogP contribution in [0.3, 0.4) is 0 Å². The summed E-state index contributed by atoms with van der Waals surface area (Å²) in [6.45, 7) is -0.0965.